The molecular weight excluding hydrogens is 148 g/mol. The fourth-order valence-corrected chi connectivity index (χ4v) is 1.17. The molecule has 2 nitrogen and oxygen atoms in total. The van der Waals surface area contributed by atoms with E-state index in [2.05, 4.69) is 5.92 Å². The number of hydrogen-bond donors (Lipinski definition) is 0. The van der Waals surface area contributed by atoms with E-state index < -0.39 is 0 Å². The second kappa shape index (κ2) is 3.51. The molecule has 0 spiro atoms. The maximum atomic E-state index is 7.04. The first-order valence-electron chi connectivity index (χ1n) is 3.94. The maximum absolute atomic E-state index is 7.04. The minimum atomic E-state index is 0.0578. The van der Waals surface area contributed by atoms with Gasteiger partial charge in [0.1, 0.15) is 0 Å². The topological polar surface area (TPSA) is 8.17 Å². The molecule has 62 valence electrons. The van der Waals surface area contributed by atoms with Crippen molar-refractivity contribution < 1.29 is 0 Å². The Morgan fingerprint density at radius 3 is 2.75 bits per heavy atom. The first kappa shape index (κ1) is 8.95. The van der Waals surface area contributed by atoms with Gasteiger partial charge in [0.15, 0.2) is 0 Å². The number of aromatic nitrogens is 1. The molecule has 1 atom stereocenters. The van der Waals surface area contributed by atoms with Gasteiger partial charge in [-0.2, -0.15) is 0 Å². The van der Waals surface area contributed by atoms with Crippen molar-refractivity contribution in [1.82, 2.24) is 4.68 Å². The third kappa shape index (κ3) is 1.54. The van der Waals surface area contributed by atoms with Gasteiger partial charge in [0.05, 0.1) is 0 Å². The average Bonchev–Trinajstić information content (AvgIpc) is 2.50. The first-order valence-corrected chi connectivity index (χ1v) is 3.94. The standard InChI is InChI=1S/C10H13N2/c1-5-9(2)10-7-6-8-12(10)11(3)4/h6-9H,2-4H3/q+1. The van der Waals surface area contributed by atoms with Crippen molar-refractivity contribution in [2.45, 2.75) is 12.8 Å². The number of nitrogens with zero attached hydrogens (tertiary/aromatic N) is 2. The molecule has 0 saturated heterocycles. The van der Waals surface area contributed by atoms with Crippen molar-refractivity contribution in [2.75, 3.05) is 19.1 Å². The van der Waals surface area contributed by atoms with Crippen LogP contribution in [0.5, 0.6) is 0 Å². The number of rotatable bonds is 2. The molecule has 0 radical (unpaired) electrons. The van der Waals surface area contributed by atoms with Crippen LogP contribution in [0.1, 0.15) is 18.5 Å². The monoisotopic (exact) mass is 161 g/mol. The summed E-state index contributed by atoms with van der Waals surface area (Å²) >= 11 is 0. The van der Waals surface area contributed by atoms with Crippen LogP contribution in [0.15, 0.2) is 18.3 Å². The molecule has 1 aromatic rings. The Morgan fingerprint density at radius 1 is 1.58 bits per heavy atom. The van der Waals surface area contributed by atoms with Gasteiger partial charge in [-0.25, -0.2) is 0 Å². The minimum absolute atomic E-state index is 0.0578. The molecule has 0 N–H and O–H groups in total. The second-order valence-electron chi connectivity index (χ2n) is 2.99. The van der Waals surface area contributed by atoms with E-state index in [9.17, 15) is 0 Å². The van der Waals surface area contributed by atoms with Crippen LogP contribution in [0, 0.1) is 12.3 Å². The van der Waals surface area contributed by atoms with Gasteiger partial charge in [0.2, 0.25) is 0 Å². The Hall–Kier alpha value is -1.14. The van der Waals surface area contributed by atoms with Gasteiger partial charge in [-0.15, -0.1) is 0 Å². The summed E-state index contributed by atoms with van der Waals surface area (Å²) < 4.78 is 2.01. The van der Waals surface area contributed by atoms with E-state index in [1.807, 2.05) is 49.0 Å². The van der Waals surface area contributed by atoms with Crippen LogP contribution in [0.4, 0.5) is 0 Å². The summed E-state index contributed by atoms with van der Waals surface area (Å²) in [5.41, 5.74) is 1.09. The predicted octanol–water partition coefficient (Wildman–Crippen LogP) is 1.38. The third-order valence-electron chi connectivity index (χ3n) is 1.85. The zero-order chi connectivity index (χ0) is 9.14. The molecule has 0 aliphatic heterocycles. The summed E-state index contributed by atoms with van der Waals surface area (Å²) in [6.45, 7) is 1.96. The summed E-state index contributed by atoms with van der Waals surface area (Å²) in [7, 11) is 3.94. The molecule has 1 heterocycles. The van der Waals surface area contributed by atoms with Crippen molar-refractivity contribution in [3.63, 3.8) is 0 Å². The van der Waals surface area contributed by atoms with Crippen LogP contribution in [0.2, 0.25) is 0 Å². The fraction of sp³-hybridized carbons (Fsp3) is 0.400. The van der Waals surface area contributed by atoms with Crippen molar-refractivity contribution in [2.24, 2.45) is 0 Å². The Balaban J connectivity index is 3.01. The van der Waals surface area contributed by atoms with Crippen LogP contribution >= 0.6 is 0 Å². The summed E-state index contributed by atoms with van der Waals surface area (Å²) in [5.74, 6) is 2.52. The molecule has 0 amide bonds. The zero-order valence-corrected chi connectivity index (χ0v) is 7.70. The van der Waals surface area contributed by atoms with Crippen LogP contribution in [0.3, 0.4) is 0 Å². The van der Waals surface area contributed by atoms with Gasteiger partial charge in [-0.05, 0) is 0 Å². The third-order valence-corrected chi connectivity index (χ3v) is 1.85. The molecule has 0 aromatic carbocycles. The van der Waals surface area contributed by atoms with Gasteiger partial charge >= 0.3 is 73.0 Å². The average molecular weight is 161 g/mol. The zero-order valence-electron chi connectivity index (χ0n) is 7.70. The quantitative estimate of drug-likeness (QED) is 0.470. The summed E-state index contributed by atoms with van der Waals surface area (Å²) in [6, 6.07) is 3.98. The summed E-state index contributed by atoms with van der Waals surface area (Å²) in [6.07, 6.45) is 9.02. The molecule has 0 bridgehead atoms. The van der Waals surface area contributed by atoms with Crippen molar-refractivity contribution in [3.05, 3.63) is 30.4 Å². The van der Waals surface area contributed by atoms with E-state index in [0.717, 1.165) is 5.69 Å². The normalized spacial score (nSPS) is 12.4. The van der Waals surface area contributed by atoms with Crippen LogP contribution < -0.4 is 5.01 Å². The molecule has 1 rings (SSSR count). The van der Waals surface area contributed by atoms with E-state index in [4.69, 9.17) is 6.42 Å². The van der Waals surface area contributed by atoms with Crippen LogP contribution in [-0.4, -0.2) is 18.8 Å². The Kier molecular flexibility index (Phi) is 2.61. The molecular formula is C10H13N2+. The Bertz CT molecular complexity index is 291. The van der Waals surface area contributed by atoms with Gasteiger partial charge in [0.25, 0.3) is 0 Å². The summed E-state index contributed by atoms with van der Waals surface area (Å²) in [4.78, 5) is 0. The van der Waals surface area contributed by atoms with E-state index >= 15 is 0 Å². The molecule has 12 heavy (non-hydrogen) atoms. The summed E-state index contributed by atoms with van der Waals surface area (Å²) in [5, 5.41) is 1.98. The van der Waals surface area contributed by atoms with Crippen molar-refractivity contribution in [3.8, 4) is 5.92 Å². The fourth-order valence-electron chi connectivity index (χ4n) is 1.17. The van der Waals surface area contributed by atoms with Gasteiger partial charge in [-0.1, -0.05) is 0 Å². The van der Waals surface area contributed by atoms with E-state index in [-0.39, 0.29) is 5.92 Å². The molecule has 0 aliphatic carbocycles. The van der Waals surface area contributed by atoms with Crippen LogP contribution in [-0.2, 0) is 0 Å². The van der Waals surface area contributed by atoms with E-state index in [1.165, 1.54) is 0 Å². The SMILES string of the molecule is [C+]#CC(C)c1cccn1N(C)C. The molecule has 2 heteroatoms. The molecule has 0 fully saturated rings. The van der Waals surface area contributed by atoms with Crippen molar-refractivity contribution in [1.29, 1.82) is 0 Å². The van der Waals surface area contributed by atoms with Gasteiger partial charge in [0, 0.05) is 0 Å². The molecule has 1 aromatic heterocycles. The van der Waals surface area contributed by atoms with Gasteiger partial charge in [-0.3, -0.25) is 0 Å². The number of hydrogen-bond acceptors (Lipinski definition) is 1. The molecule has 1 unspecified atom stereocenters. The van der Waals surface area contributed by atoms with Crippen LogP contribution in [0.25, 0.3) is 0 Å². The van der Waals surface area contributed by atoms with Crippen molar-refractivity contribution >= 4 is 0 Å². The van der Waals surface area contributed by atoms with Gasteiger partial charge < -0.3 is 0 Å². The molecule has 0 saturated carbocycles. The first-order chi connectivity index (χ1) is 5.66. The Morgan fingerprint density at radius 2 is 2.25 bits per heavy atom. The molecule has 0 aliphatic rings. The second-order valence-corrected chi connectivity index (χ2v) is 2.99. The van der Waals surface area contributed by atoms with E-state index in [1.54, 1.807) is 0 Å². The van der Waals surface area contributed by atoms with E-state index in [0.29, 0.717) is 0 Å². The Labute approximate surface area is 73.8 Å². The predicted molar refractivity (Wildman–Crippen MR) is 50.0 cm³/mol.